The summed E-state index contributed by atoms with van der Waals surface area (Å²) < 4.78 is 0. The molecule has 1 aromatic rings. The van der Waals surface area contributed by atoms with E-state index in [4.69, 9.17) is 15.8 Å². The Morgan fingerprint density at radius 1 is 1.42 bits per heavy atom. The lowest BCUT2D eigenvalue weighted by Crippen LogP contribution is -2.53. The Hall–Kier alpha value is -2.07. The largest absolute Gasteiger partial charge is 0.480 e. The van der Waals surface area contributed by atoms with Crippen molar-refractivity contribution < 1.29 is 19.5 Å². The molecular formula is C16H23N5O4S. The second-order valence-corrected chi connectivity index (χ2v) is 7.82. The number of nitrogens with zero attached hydrogens (tertiary/aromatic N) is 1. The molecule has 0 spiro atoms. The van der Waals surface area contributed by atoms with Crippen LogP contribution in [-0.2, 0) is 27.3 Å². The molecule has 0 aromatic carbocycles. The zero-order valence-corrected chi connectivity index (χ0v) is 15.1. The van der Waals surface area contributed by atoms with Gasteiger partial charge in [0.2, 0.25) is 11.8 Å². The quantitative estimate of drug-likeness (QED) is 0.445. The minimum Gasteiger partial charge on any atom is -0.480 e. The van der Waals surface area contributed by atoms with E-state index in [0.717, 1.165) is 29.4 Å². The Kier molecular flexibility index (Phi) is 5.82. The van der Waals surface area contributed by atoms with Crippen molar-refractivity contribution in [3.05, 3.63) is 17.2 Å². The number of aliphatic carboxylic acids is 1. The normalized spacial score (nSPS) is 23.7. The highest BCUT2D eigenvalue weighted by Crippen LogP contribution is 2.30. The number of carbonyl (C=O) groups excluding carboxylic acids is 2. The Bertz CT molecular complexity index is 701. The minimum absolute atomic E-state index is 0.375. The molecule has 0 radical (unpaired) electrons. The average molecular weight is 381 g/mol. The molecular weight excluding hydrogens is 358 g/mol. The fourth-order valence-corrected chi connectivity index (χ4v) is 4.43. The molecule has 10 heteroatoms. The molecule has 3 heterocycles. The predicted octanol–water partition coefficient (Wildman–Crippen LogP) is -0.521. The maximum atomic E-state index is 12.4. The summed E-state index contributed by atoms with van der Waals surface area (Å²) in [5, 5.41) is 14.6. The first-order valence-electron chi connectivity index (χ1n) is 8.64. The first-order valence-corrected chi connectivity index (χ1v) is 9.79. The van der Waals surface area contributed by atoms with Crippen LogP contribution in [0.25, 0.3) is 0 Å². The molecule has 1 aromatic heterocycles. The maximum Gasteiger partial charge on any atom is 0.326 e. The van der Waals surface area contributed by atoms with Crippen LogP contribution in [0.5, 0.6) is 0 Å². The van der Waals surface area contributed by atoms with E-state index in [1.807, 2.05) is 11.8 Å². The van der Waals surface area contributed by atoms with Crippen LogP contribution in [0.1, 0.15) is 42.4 Å². The number of carboxylic acid groups (broad SMARTS) is 1. The number of fused-ring (bicyclic) bond motifs is 1. The molecule has 26 heavy (non-hydrogen) atoms. The summed E-state index contributed by atoms with van der Waals surface area (Å²) in [6.07, 6.45) is 2.23. The molecule has 2 amide bonds. The number of imidazole rings is 1. The van der Waals surface area contributed by atoms with Crippen molar-refractivity contribution in [3.8, 4) is 0 Å². The predicted molar refractivity (Wildman–Crippen MR) is 95.6 cm³/mol. The summed E-state index contributed by atoms with van der Waals surface area (Å²) in [5.74, 6) is 1.10. The highest BCUT2D eigenvalue weighted by molar-refractivity contribution is 7.99. The number of carbonyl (C=O) groups is 3. The van der Waals surface area contributed by atoms with Crippen LogP contribution in [0, 0.1) is 0 Å². The van der Waals surface area contributed by atoms with Crippen LogP contribution >= 0.6 is 11.8 Å². The molecule has 9 nitrogen and oxygen atoms in total. The van der Waals surface area contributed by atoms with Gasteiger partial charge in [0.15, 0.2) is 0 Å². The van der Waals surface area contributed by atoms with Crippen LogP contribution in [0.4, 0.5) is 0 Å². The molecule has 2 aliphatic heterocycles. The van der Waals surface area contributed by atoms with Crippen LogP contribution in [0.3, 0.4) is 0 Å². The smallest absolute Gasteiger partial charge is 0.326 e. The number of aromatic nitrogens is 2. The van der Waals surface area contributed by atoms with Gasteiger partial charge in [-0.1, -0.05) is 0 Å². The molecule has 0 aliphatic carbocycles. The standard InChI is InChI=1S/C16H23N5O4S/c17-13(22)5-11(16(24)25)21-15(23)10-4-9-12(6-18-10)20-14(19-9)8-2-1-3-26-7-8/h8,10-11,18H,1-7H2,(H2,17,22)(H,19,20)(H,21,23)(H,24,25)/t8?,10-,11-/m0/s1. The molecule has 2 aliphatic rings. The van der Waals surface area contributed by atoms with Crippen LogP contribution in [0.15, 0.2) is 0 Å². The number of nitrogens with one attached hydrogen (secondary N) is 3. The summed E-state index contributed by atoms with van der Waals surface area (Å²) in [7, 11) is 0. The second kappa shape index (κ2) is 8.09. The van der Waals surface area contributed by atoms with E-state index < -0.39 is 36.3 Å². The third kappa shape index (κ3) is 4.36. The van der Waals surface area contributed by atoms with Gasteiger partial charge in [0.05, 0.1) is 23.9 Å². The van der Waals surface area contributed by atoms with E-state index in [9.17, 15) is 14.4 Å². The monoisotopic (exact) mass is 381 g/mol. The number of hydrogen-bond donors (Lipinski definition) is 5. The second-order valence-electron chi connectivity index (χ2n) is 6.67. The number of amides is 2. The number of primary amides is 1. The van der Waals surface area contributed by atoms with Gasteiger partial charge in [-0.25, -0.2) is 9.78 Å². The fraction of sp³-hybridized carbons (Fsp3) is 0.625. The van der Waals surface area contributed by atoms with Crippen molar-refractivity contribution in [2.24, 2.45) is 5.73 Å². The van der Waals surface area contributed by atoms with Crippen molar-refractivity contribution >= 4 is 29.5 Å². The van der Waals surface area contributed by atoms with Crippen molar-refractivity contribution in [1.29, 1.82) is 0 Å². The molecule has 3 atom stereocenters. The van der Waals surface area contributed by atoms with Crippen LogP contribution in [0.2, 0.25) is 0 Å². The Morgan fingerprint density at radius 2 is 2.23 bits per heavy atom. The fourth-order valence-electron chi connectivity index (χ4n) is 3.28. The van der Waals surface area contributed by atoms with E-state index >= 15 is 0 Å². The van der Waals surface area contributed by atoms with Gasteiger partial charge in [-0.15, -0.1) is 0 Å². The summed E-state index contributed by atoms with van der Waals surface area (Å²) in [4.78, 5) is 42.6. The van der Waals surface area contributed by atoms with E-state index in [1.165, 1.54) is 12.2 Å². The molecule has 0 saturated carbocycles. The maximum absolute atomic E-state index is 12.4. The zero-order valence-electron chi connectivity index (χ0n) is 14.3. The van der Waals surface area contributed by atoms with Gasteiger partial charge in [0, 0.05) is 24.6 Å². The Morgan fingerprint density at radius 3 is 2.88 bits per heavy atom. The molecule has 1 fully saturated rings. The molecule has 1 saturated heterocycles. The van der Waals surface area contributed by atoms with Crippen molar-refractivity contribution in [1.82, 2.24) is 20.6 Å². The first kappa shape index (κ1) is 18.7. The van der Waals surface area contributed by atoms with E-state index in [1.54, 1.807) is 0 Å². The lowest BCUT2D eigenvalue weighted by molar-refractivity contribution is -0.143. The number of H-pyrrole nitrogens is 1. The van der Waals surface area contributed by atoms with Crippen molar-refractivity contribution in [3.63, 3.8) is 0 Å². The SMILES string of the molecule is NC(=O)C[C@H](NC(=O)[C@@H]1Cc2nc(C3CCCSC3)[nH]c2CN1)C(=O)O. The third-order valence-electron chi connectivity index (χ3n) is 4.69. The molecule has 1 unspecified atom stereocenters. The molecule has 142 valence electrons. The summed E-state index contributed by atoms with van der Waals surface area (Å²) in [6, 6.07) is -1.91. The Labute approximate surface area is 154 Å². The number of carboxylic acids is 1. The average Bonchev–Trinajstić information content (AvgIpc) is 3.04. The lowest BCUT2D eigenvalue weighted by Gasteiger charge is -2.23. The number of nitrogens with two attached hydrogens (primary N) is 1. The summed E-state index contributed by atoms with van der Waals surface area (Å²) >= 11 is 1.93. The molecule has 6 N–H and O–H groups in total. The lowest BCUT2D eigenvalue weighted by atomic mass is 10.0. The number of rotatable bonds is 6. The van der Waals surface area contributed by atoms with Gasteiger partial charge in [0.25, 0.3) is 0 Å². The number of hydrogen-bond acceptors (Lipinski definition) is 6. The van der Waals surface area contributed by atoms with Crippen molar-refractivity contribution in [2.75, 3.05) is 11.5 Å². The molecule has 3 rings (SSSR count). The Balaban J connectivity index is 1.63. The van der Waals surface area contributed by atoms with Gasteiger partial charge in [-0.05, 0) is 18.6 Å². The topological polar surface area (TPSA) is 150 Å². The summed E-state index contributed by atoms with van der Waals surface area (Å²) in [5.41, 5.74) is 6.86. The zero-order chi connectivity index (χ0) is 18.7. The van der Waals surface area contributed by atoms with Gasteiger partial charge in [-0.3, -0.25) is 14.9 Å². The summed E-state index contributed by atoms with van der Waals surface area (Å²) in [6.45, 7) is 0.466. The first-order chi connectivity index (χ1) is 12.4. The van der Waals surface area contributed by atoms with Gasteiger partial charge in [0.1, 0.15) is 11.9 Å². The van der Waals surface area contributed by atoms with Crippen LogP contribution < -0.4 is 16.4 Å². The van der Waals surface area contributed by atoms with Gasteiger partial charge in [-0.2, -0.15) is 11.8 Å². The molecule has 0 bridgehead atoms. The van der Waals surface area contributed by atoms with E-state index in [0.29, 0.717) is 18.9 Å². The highest BCUT2D eigenvalue weighted by Gasteiger charge is 2.31. The number of thioether (sulfide) groups is 1. The minimum atomic E-state index is -1.32. The third-order valence-corrected chi connectivity index (χ3v) is 5.90. The highest BCUT2D eigenvalue weighted by atomic mass is 32.2. The van der Waals surface area contributed by atoms with Crippen molar-refractivity contribution in [2.45, 2.75) is 50.2 Å². The van der Waals surface area contributed by atoms with Crippen LogP contribution in [-0.4, -0.2) is 56.4 Å². The van der Waals surface area contributed by atoms with Gasteiger partial charge < -0.3 is 21.1 Å². The van der Waals surface area contributed by atoms with E-state index in [2.05, 4.69) is 15.6 Å². The van der Waals surface area contributed by atoms with E-state index in [-0.39, 0.29) is 0 Å². The number of aromatic amines is 1. The van der Waals surface area contributed by atoms with Gasteiger partial charge >= 0.3 is 5.97 Å².